The van der Waals surface area contributed by atoms with Crippen LogP contribution in [0.3, 0.4) is 0 Å². The molecule has 0 aromatic heterocycles. The summed E-state index contributed by atoms with van der Waals surface area (Å²) >= 11 is 1.67. The Morgan fingerprint density at radius 2 is 2.17 bits per heavy atom. The van der Waals surface area contributed by atoms with Crippen LogP contribution in [0.5, 0.6) is 0 Å². The van der Waals surface area contributed by atoms with Crippen molar-refractivity contribution < 1.29 is 19.4 Å². The molecule has 0 aromatic carbocycles. The van der Waals surface area contributed by atoms with Gasteiger partial charge in [0.2, 0.25) is 0 Å². The average Bonchev–Trinajstić information content (AvgIpc) is 2.37. The molecule has 0 aromatic rings. The Balaban J connectivity index is 1.81. The Kier molecular flexibility index (Phi) is 4.89. The third-order valence-electron chi connectivity index (χ3n) is 3.68. The molecule has 2 fully saturated rings. The monoisotopic (exact) mass is 275 g/mol. The van der Waals surface area contributed by atoms with Crippen LogP contribution in [-0.2, 0) is 14.3 Å². The minimum absolute atomic E-state index is 0.0263. The van der Waals surface area contributed by atoms with Crippen molar-refractivity contribution >= 4 is 17.7 Å². The Morgan fingerprint density at radius 1 is 1.44 bits per heavy atom. The van der Waals surface area contributed by atoms with E-state index in [2.05, 4.69) is 0 Å². The predicted molar refractivity (Wildman–Crippen MR) is 69.8 cm³/mol. The number of hydrogen-bond acceptors (Lipinski definition) is 5. The van der Waals surface area contributed by atoms with E-state index < -0.39 is 12.0 Å². The maximum Gasteiger partial charge on any atom is 0.321 e. The molecule has 0 amide bonds. The normalized spacial score (nSPS) is 29.1. The highest BCUT2D eigenvalue weighted by Crippen LogP contribution is 2.38. The topological polar surface area (TPSA) is 81.8 Å². The molecule has 3 N–H and O–H groups in total. The van der Waals surface area contributed by atoms with Gasteiger partial charge in [-0.3, -0.25) is 4.79 Å². The molecule has 104 valence electrons. The smallest absolute Gasteiger partial charge is 0.321 e. The Morgan fingerprint density at radius 3 is 2.83 bits per heavy atom. The van der Waals surface area contributed by atoms with Gasteiger partial charge < -0.3 is 20.3 Å². The van der Waals surface area contributed by atoms with E-state index in [0.29, 0.717) is 11.0 Å². The van der Waals surface area contributed by atoms with Gasteiger partial charge in [-0.05, 0) is 25.7 Å². The van der Waals surface area contributed by atoms with E-state index in [1.165, 1.54) is 0 Å². The molecular weight excluding hydrogens is 254 g/mol. The van der Waals surface area contributed by atoms with Gasteiger partial charge in [-0.25, -0.2) is 0 Å². The summed E-state index contributed by atoms with van der Waals surface area (Å²) in [5.41, 5.74) is 5.51. The minimum atomic E-state index is -0.921. The molecule has 0 bridgehead atoms. The van der Waals surface area contributed by atoms with Gasteiger partial charge in [-0.15, -0.1) is 0 Å². The molecule has 1 spiro atoms. The van der Waals surface area contributed by atoms with Crippen LogP contribution < -0.4 is 5.73 Å². The summed E-state index contributed by atoms with van der Waals surface area (Å²) in [6.07, 6.45) is 3.89. The molecule has 2 aliphatic heterocycles. The quantitative estimate of drug-likeness (QED) is 0.792. The number of aliphatic carboxylic acids is 1. The number of nitrogens with two attached hydrogens (primary N) is 1. The molecule has 6 heteroatoms. The second-order valence-corrected chi connectivity index (χ2v) is 6.37. The van der Waals surface area contributed by atoms with E-state index in [1.54, 1.807) is 11.8 Å². The van der Waals surface area contributed by atoms with Gasteiger partial charge in [0, 0.05) is 30.8 Å². The van der Waals surface area contributed by atoms with Crippen molar-refractivity contribution in [3.63, 3.8) is 0 Å². The van der Waals surface area contributed by atoms with Crippen molar-refractivity contribution in [2.75, 3.05) is 25.6 Å². The second kappa shape index (κ2) is 6.23. The van der Waals surface area contributed by atoms with Gasteiger partial charge in [0.15, 0.2) is 0 Å². The first-order chi connectivity index (χ1) is 8.61. The highest BCUT2D eigenvalue weighted by Gasteiger charge is 2.39. The first-order valence-corrected chi connectivity index (χ1v) is 7.48. The largest absolute Gasteiger partial charge is 0.480 e. The maximum atomic E-state index is 10.7. The second-order valence-electron chi connectivity index (χ2n) is 5.04. The first kappa shape index (κ1) is 14.1. The Labute approximate surface area is 111 Å². The number of rotatable bonds is 4. The molecule has 2 unspecified atom stereocenters. The molecule has 2 rings (SSSR count). The zero-order valence-corrected chi connectivity index (χ0v) is 11.3. The van der Waals surface area contributed by atoms with Crippen molar-refractivity contribution in [3.8, 4) is 0 Å². The van der Waals surface area contributed by atoms with Crippen LogP contribution in [0.25, 0.3) is 0 Å². The Hall–Kier alpha value is -0.300. The van der Waals surface area contributed by atoms with Gasteiger partial charge in [0.25, 0.3) is 0 Å². The number of carboxylic acid groups (broad SMARTS) is 1. The summed E-state index contributed by atoms with van der Waals surface area (Å²) in [5, 5.41) is 9.23. The number of ether oxygens (including phenoxy) is 2. The van der Waals surface area contributed by atoms with Gasteiger partial charge in [-0.1, -0.05) is 0 Å². The fourth-order valence-corrected chi connectivity index (χ4v) is 3.83. The summed E-state index contributed by atoms with van der Waals surface area (Å²) in [6, 6.07) is -0.761. The zero-order chi connectivity index (χ0) is 13.0. The highest BCUT2D eigenvalue weighted by molar-refractivity contribution is 8.00. The third-order valence-corrected chi connectivity index (χ3v) is 5.11. The van der Waals surface area contributed by atoms with E-state index in [4.69, 9.17) is 20.3 Å². The molecule has 18 heavy (non-hydrogen) atoms. The standard InChI is InChI=1S/C12H21NO4S/c13-10(11(14)15)8-18-9-1-4-17-12(7-9)2-5-16-6-3-12/h9-10H,1-8,13H2,(H,14,15). The molecule has 2 saturated heterocycles. The lowest BCUT2D eigenvalue weighted by Crippen LogP contribution is -2.45. The minimum Gasteiger partial charge on any atom is -0.480 e. The Bertz CT molecular complexity index is 288. The lowest BCUT2D eigenvalue weighted by molar-refractivity contribution is -0.137. The fourth-order valence-electron chi connectivity index (χ4n) is 2.53. The maximum absolute atomic E-state index is 10.7. The lowest BCUT2D eigenvalue weighted by Gasteiger charge is -2.43. The SMILES string of the molecule is NC(CSC1CCOC2(CCOCC2)C1)C(=O)O. The van der Waals surface area contributed by atoms with Crippen LogP contribution in [-0.4, -0.2) is 53.5 Å². The molecule has 2 aliphatic rings. The zero-order valence-electron chi connectivity index (χ0n) is 10.5. The van der Waals surface area contributed by atoms with Crippen molar-refractivity contribution in [1.29, 1.82) is 0 Å². The van der Waals surface area contributed by atoms with E-state index in [1.807, 2.05) is 0 Å². The van der Waals surface area contributed by atoms with Crippen LogP contribution in [0.1, 0.15) is 25.7 Å². The molecule has 0 radical (unpaired) electrons. The number of carboxylic acids is 1. The van der Waals surface area contributed by atoms with Crippen molar-refractivity contribution in [2.24, 2.45) is 5.73 Å². The van der Waals surface area contributed by atoms with Gasteiger partial charge in [0.05, 0.1) is 5.60 Å². The van der Waals surface area contributed by atoms with Crippen LogP contribution in [0, 0.1) is 0 Å². The van der Waals surface area contributed by atoms with E-state index >= 15 is 0 Å². The van der Waals surface area contributed by atoms with Crippen molar-refractivity contribution in [1.82, 2.24) is 0 Å². The predicted octanol–water partition coefficient (Wildman–Crippen LogP) is 0.860. The number of hydrogen-bond donors (Lipinski definition) is 2. The van der Waals surface area contributed by atoms with Crippen LogP contribution >= 0.6 is 11.8 Å². The molecule has 2 atom stereocenters. The average molecular weight is 275 g/mol. The van der Waals surface area contributed by atoms with E-state index in [9.17, 15) is 4.79 Å². The summed E-state index contributed by atoms with van der Waals surface area (Å²) in [7, 11) is 0. The summed E-state index contributed by atoms with van der Waals surface area (Å²) in [5.74, 6) is -0.442. The molecule has 2 heterocycles. The van der Waals surface area contributed by atoms with Gasteiger partial charge in [0.1, 0.15) is 6.04 Å². The number of thioether (sulfide) groups is 1. The third kappa shape index (κ3) is 3.60. The van der Waals surface area contributed by atoms with Crippen LogP contribution in [0.2, 0.25) is 0 Å². The summed E-state index contributed by atoms with van der Waals surface area (Å²) in [6.45, 7) is 2.30. The highest BCUT2D eigenvalue weighted by atomic mass is 32.2. The molecular formula is C12H21NO4S. The van der Waals surface area contributed by atoms with E-state index in [0.717, 1.165) is 45.5 Å². The number of carbonyl (C=O) groups is 1. The summed E-state index contributed by atoms with van der Waals surface area (Å²) < 4.78 is 11.3. The summed E-state index contributed by atoms with van der Waals surface area (Å²) in [4.78, 5) is 10.7. The van der Waals surface area contributed by atoms with Crippen molar-refractivity contribution in [3.05, 3.63) is 0 Å². The van der Waals surface area contributed by atoms with Crippen LogP contribution in [0.4, 0.5) is 0 Å². The van der Waals surface area contributed by atoms with Crippen molar-refractivity contribution in [2.45, 2.75) is 42.6 Å². The lowest BCUT2D eigenvalue weighted by atomic mass is 9.86. The molecule has 0 saturated carbocycles. The first-order valence-electron chi connectivity index (χ1n) is 6.43. The fraction of sp³-hybridized carbons (Fsp3) is 0.917. The molecule has 0 aliphatic carbocycles. The van der Waals surface area contributed by atoms with Gasteiger partial charge >= 0.3 is 5.97 Å². The van der Waals surface area contributed by atoms with Gasteiger partial charge in [-0.2, -0.15) is 11.8 Å². The van der Waals surface area contributed by atoms with E-state index in [-0.39, 0.29) is 5.60 Å². The molecule has 5 nitrogen and oxygen atoms in total. The van der Waals surface area contributed by atoms with Crippen LogP contribution in [0.15, 0.2) is 0 Å².